The summed E-state index contributed by atoms with van der Waals surface area (Å²) >= 11 is 0. The van der Waals surface area contributed by atoms with Gasteiger partial charge in [-0.2, -0.15) is 5.26 Å². The van der Waals surface area contributed by atoms with Crippen LogP contribution in [0.3, 0.4) is 0 Å². The first-order valence-electron chi connectivity index (χ1n) is 9.75. The molecule has 0 aromatic heterocycles. The lowest BCUT2D eigenvalue weighted by atomic mass is 10.1. The molecule has 3 rings (SSSR count). The molecule has 0 aliphatic heterocycles. The molecule has 156 valence electrons. The van der Waals surface area contributed by atoms with Crippen molar-refractivity contribution in [3.05, 3.63) is 89.5 Å². The summed E-state index contributed by atoms with van der Waals surface area (Å²) in [6, 6.07) is 23.0. The fraction of sp³-hybridized carbons (Fsp3) is 0.120. The predicted molar refractivity (Wildman–Crippen MR) is 119 cm³/mol. The molecule has 0 aliphatic rings. The van der Waals surface area contributed by atoms with E-state index in [1.165, 1.54) is 18.2 Å². The molecule has 0 bridgehead atoms. The van der Waals surface area contributed by atoms with E-state index in [0.717, 1.165) is 5.56 Å². The molecule has 3 aromatic rings. The Morgan fingerprint density at radius 1 is 1.03 bits per heavy atom. The number of hydrogen-bond donors (Lipinski definition) is 2. The van der Waals surface area contributed by atoms with Crippen molar-refractivity contribution in [1.82, 2.24) is 0 Å². The third-order valence-electron chi connectivity index (χ3n) is 4.31. The molecule has 0 fully saturated rings. The van der Waals surface area contributed by atoms with Gasteiger partial charge in [-0.3, -0.25) is 4.79 Å². The van der Waals surface area contributed by atoms with E-state index in [9.17, 15) is 15.2 Å². The Bertz CT molecular complexity index is 1100. The second-order valence-electron chi connectivity index (χ2n) is 6.58. The lowest BCUT2D eigenvalue weighted by Gasteiger charge is -2.13. The van der Waals surface area contributed by atoms with Crippen LogP contribution in [0.1, 0.15) is 18.1 Å². The average Bonchev–Trinajstić information content (AvgIpc) is 2.79. The van der Waals surface area contributed by atoms with Crippen molar-refractivity contribution in [2.75, 3.05) is 11.9 Å². The number of amides is 1. The summed E-state index contributed by atoms with van der Waals surface area (Å²) in [5.41, 5.74) is 2.08. The highest BCUT2D eigenvalue weighted by molar-refractivity contribution is 6.09. The third kappa shape index (κ3) is 6.12. The zero-order valence-corrected chi connectivity index (χ0v) is 17.0. The molecule has 31 heavy (non-hydrogen) atoms. The Morgan fingerprint density at radius 3 is 2.45 bits per heavy atom. The quantitative estimate of drug-likeness (QED) is 0.310. The van der Waals surface area contributed by atoms with Crippen LogP contribution in [0.4, 0.5) is 5.69 Å². The number of nitrogens with zero attached hydrogens (tertiary/aromatic N) is 1. The first-order chi connectivity index (χ1) is 15.1. The highest BCUT2D eigenvalue weighted by Crippen LogP contribution is 2.30. The van der Waals surface area contributed by atoms with Crippen molar-refractivity contribution in [2.45, 2.75) is 13.5 Å². The number of hydrogen-bond acceptors (Lipinski definition) is 5. The smallest absolute Gasteiger partial charge is 0.266 e. The molecule has 0 unspecified atom stereocenters. The summed E-state index contributed by atoms with van der Waals surface area (Å²) in [6.45, 7) is 2.71. The molecule has 0 aliphatic carbocycles. The van der Waals surface area contributed by atoms with Crippen molar-refractivity contribution >= 4 is 17.7 Å². The molecule has 0 heterocycles. The molecule has 0 saturated heterocycles. The van der Waals surface area contributed by atoms with Crippen LogP contribution in [-0.2, 0) is 11.4 Å². The number of carbonyl (C=O) groups excluding carboxylic acids is 1. The van der Waals surface area contributed by atoms with E-state index < -0.39 is 5.91 Å². The van der Waals surface area contributed by atoms with Gasteiger partial charge in [-0.15, -0.1) is 0 Å². The van der Waals surface area contributed by atoms with Gasteiger partial charge in [-0.05, 0) is 60.5 Å². The normalized spacial score (nSPS) is 10.8. The van der Waals surface area contributed by atoms with E-state index in [-0.39, 0.29) is 11.3 Å². The second-order valence-corrected chi connectivity index (χ2v) is 6.58. The number of phenols is 1. The van der Waals surface area contributed by atoms with Gasteiger partial charge in [0, 0.05) is 5.69 Å². The van der Waals surface area contributed by atoms with Crippen molar-refractivity contribution in [2.24, 2.45) is 0 Å². The summed E-state index contributed by atoms with van der Waals surface area (Å²) in [4.78, 5) is 12.4. The van der Waals surface area contributed by atoms with Gasteiger partial charge in [0.25, 0.3) is 5.91 Å². The summed E-state index contributed by atoms with van der Waals surface area (Å²) in [5.74, 6) is 0.654. The van der Waals surface area contributed by atoms with Gasteiger partial charge < -0.3 is 19.9 Å². The molecule has 0 saturated carbocycles. The van der Waals surface area contributed by atoms with Gasteiger partial charge in [0.05, 0.1) is 6.61 Å². The van der Waals surface area contributed by atoms with Crippen LogP contribution in [0, 0.1) is 11.3 Å². The van der Waals surface area contributed by atoms with E-state index in [0.29, 0.717) is 36.0 Å². The maximum Gasteiger partial charge on any atom is 0.266 e. The van der Waals surface area contributed by atoms with Crippen molar-refractivity contribution < 1.29 is 19.4 Å². The molecular weight excluding hydrogens is 392 g/mol. The topological polar surface area (TPSA) is 91.6 Å². The van der Waals surface area contributed by atoms with E-state index in [1.54, 1.807) is 30.3 Å². The Labute approximate surface area is 181 Å². The molecule has 3 aromatic carbocycles. The summed E-state index contributed by atoms with van der Waals surface area (Å²) in [6.07, 6.45) is 1.49. The molecule has 2 N–H and O–H groups in total. The maximum atomic E-state index is 12.4. The van der Waals surface area contributed by atoms with Crippen molar-refractivity contribution in [1.29, 1.82) is 5.26 Å². The Hall–Kier alpha value is -4.24. The number of anilines is 1. The molecule has 0 radical (unpaired) electrons. The van der Waals surface area contributed by atoms with Crippen molar-refractivity contribution in [3.8, 4) is 23.3 Å². The predicted octanol–water partition coefficient (Wildman–Crippen LogP) is 4.92. The van der Waals surface area contributed by atoms with E-state index in [1.807, 2.05) is 43.3 Å². The van der Waals surface area contributed by atoms with Crippen molar-refractivity contribution in [3.63, 3.8) is 0 Å². The summed E-state index contributed by atoms with van der Waals surface area (Å²) in [5, 5.41) is 21.4. The fourth-order valence-corrected chi connectivity index (χ4v) is 2.80. The van der Waals surface area contributed by atoms with Crippen LogP contribution in [0.2, 0.25) is 0 Å². The number of nitrogens with one attached hydrogen (secondary N) is 1. The Balaban J connectivity index is 1.77. The van der Waals surface area contributed by atoms with Crippen LogP contribution < -0.4 is 14.8 Å². The standard InChI is InChI=1S/C25H22N2O4/c1-2-30-24-15-19(8-13-23(24)31-17-18-6-4-3-5-7-18)14-20(16-26)25(29)27-21-9-11-22(28)12-10-21/h3-15,28H,2,17H2,1H3,(H,27,29)/b20-14-. The number of nitriles is 1. The first kappa shape index (κ1) is 21.5. The highest BCUT2D eigenvalue weighted by Gasteiger charge is 2.12. The van der Waals surface area contributed by atoms with E-state index in [4.69, 9.17) is 9.47 Å². The maximum absolute atomic E-state index is 12.4. The van der Waals surface area contributed by atoms with Gasteiger partial charge in [0.1, 0.15) is 24.0 Å². The van der Waals surface area contributed by atoms with Crippen LogP contribution in [0.15, 0.2) is 78.4 Å². The Kier molecular flexibility index (Phi) is 7.28. The minimum absolute atomic E-state index is 0.0616. The first-order valence-corrected chi connectivity index (χ1v) is 9.75. The molecular formula is C25H22N2O4. The number of ether oxygens (including phenoxy) is 2. The number of aromatic hydroxyl groups is 1. The van der Waals surface area contributed by atoms with Crippen LogP contribution in [-0.4, -0.2) is 17.6 Å². The van der Waals surface area contributed by atoms with E-state index >= 15 is 0 Å². The van der Waals surface area contributed by atoms with Gasteiger partial charge >= 0.3 is 0 Å². The van der Waals surface area contributed by atoms with Crippen LogP contribution in [0.5, 0.6) is 17.2 Å². The fourth-order valence-electron chi connectivity index (χ4n) is 2.80. The number of benzene rings is 3. The molecule has 1 amide bonds. The van der Waals surface area contributed by atoms with Gasteiger partial charge in [-0.25, -0.2) is 0 Å². The minimum Gasteiger partial charge on any atom is -0.508 e. The molecule has 6 nitrogen and oxygen atoms in total. The number of phenolic OH excluding ortho intramolecular Hbond substituents is 1. The number of carbonyl (C=O) groups is 1. The van der Waals surface area contributed by atoms with E-state index in [2.05, 4.69) is 5.32 Å². The zero-order valence-electron chi connectivity index (χ0n) is 17.0. The summed E-state index contributed by atoms with van der Waals surface area (Å²) in [7, 11) is 0. The van der Waals surface area contributed by atoms with Crippen LogP contribution in [0.25, 0.3) is 6.08 Å². The largest absolute Gasteiger partial charge is 0.508 e. The lowest BCUT2D eigenvalue weighted by Crippen LogP contribution is -2.13. The Morgan fingerprint density at radius 2 is 1.77 bits per heavy atom. The van der Waals surface area contributed by atoms with Gasteiger partial charge in [0.2, 0.25) is 0 Å². The highest BCUT2D eigenvalue weighted by atomic mass is 16.5. The van der Waals surface area contributed by atoms with Gasteiger partial charge in [0.15, 0.2) is 11.5 Å². The minimum atomic E-state index is -0.546. The lowest BCUT2D eigenvalue weighted by molar-refractivity contribution is -0.112. The molecule has 6 heteroatoms. The average molecular weight is 414 g/mol. The SMILES string of the molecule is CCOc1cc(/C=C(/C#N)C(=O)Nc2ccc(O)cc2)ccc1OCc1ccccc1. The van der Waals surface area contributed by atoms with Crippen LogP contribution >= 0.6 is 0 Å². The third-order valence-corrected chi connectivity index (χ3v) is 4.31. The second kappa shape index (κ2) is 10.5. The monoisotopic (exact) mass is 414 g/mol. The zero-order chi connectivity index (χ0) is 22.1. The van der Waals surface area contributed by atoms with Gasteiger partial charge in [-0.1, -0.05) is 36.4 Å². The summed E-state index contributed by atoms with van der Waals surface area (Å²) < 4.78 is 11.6. The number of rotatable bonds is 8. The molecule has 0 atom stereocenters. The molecule has 0 spiro atoms.